The second-order valence-electron chi connectivity index (χ2n) is 8.21. The van der Waals surface area contributed by atoms with Crippen molar-refractivity contribution in [1.82, 2.24) is 4.90 Å². The van der Waals surface area contributed by atoms with E-state index in [0.29, 0.717) is 19.2 Å². The third-order valence-electron chi connectivity index (χ3n) is 5.62. The van der Waals surface area contributed by atoms with Crippen LogP contribution in [0.25, 0.3) is 21.5 Å². The fraction of sp³-hybridized carbons (Fsp3) is 0.417. The minimum atomic E-state index is -5.06. The number of aliphatic hydroxyl groups excluding tert-OH is 1. The molecule has 0 aliphatic carbocycles. The number of hydrogen-bond donors (Lipinski definition) is 1. The van der Waals surface area contributed by atoms with Gasteiger partial charge in [0.2, 0.25) is 0 Å². The summed E-state index contributed by atoms with van der Waals surface area (Å²) in [5.41, 5.74) is -2.67. The van der Waals surface area contributed by atoms with Gasteiger partial charge in [-0.05, 0) is 78.0 Å². The number of alkyl halides is 6. The molecule has 0 saturated carbocycles. The standard InChI is InChI=1S/C24H23Cl2F6NO.ClH/c1-3-5-33(6-4-2)12-21(34)16-8-13-7-14(23(27,28)29)9-18(24(30,31)32)22(13)17-11-20(26)19(25)10-15(16)17;/h7-11,21,34H,3-6,12H2,1-2H3;1H. The van der Waals surface area contributed by atoms with E-state index in [9.17, 15) is 31.4 Å². The third-order valence-corrected chi connectivity index (χ3v) is 6.35. The molecule has 3 aromatic carbocycles. The Hall–Kier alpha value is -1.45. The summed E-state index contributed by atoms with van der Waals surface area (Å²) < 4.78 is 82.1. The summed E-state index contributed by atoms with van der Waals surface area (Å²) in [4.78, 5) is 1.99. The molecule has 1 atom stereocenters. The van der Waals surface area contributed by atoms with Gasteiger partial charge >= 0.3 is 12.4 Å². The number of aliphatic hydroxyl groups is 1. The van der Waals surface area contributed by atoms with Crippen molar-refractivity contribution in [3.8, 4) is 0 Å². The predicted octanol–water partition coefficient (Wildman–Crippen LogP) is 8.91. The Kier molecular flexibility index (Phi) is 9.61. The van der Waals surface area contributed by atoms with E-state index in [-0.39, 0.29) is 56.8 Å². The molecule has 0 bridgehead atoms. The minimum Gasteiger partial charge on any atom is -0.387 e. The predicted molar refractivity (Wildman–Crippen MR) is 131 cm³/mol. The van der Waals surface area contributed by atoms with E-state index in [2.05, 4.69) is 0 Å². The highest BCUT2D eigenvalue weighted by Gasteiger charge is 2.39. The first-order valence-corrected chi connectivity index (χ1v) is 11.5. The zero-order chi connectivity index (χ0) is 25.4. The molecule has 1 N–H and O–H groups in total. The van der Waals surface area contributed by atoms with E-state index in [4.69, 9.17) is 23.2 Å². The molecule has 0 saturated heterocycles. The van der Waals surface area contributed by atoms with Crippen molar-refractivity contribution >= 4 is 57.2 Å². The minimum absolute atomic E-state index is 0. The molecule has 3 rings (SSSR count). The molecule has 0 aromatic heterocycles. The first-order chi connectivity index (χ1) is 15.8. The molecule has 11 heteroatoms. The molecule has 0 aliphatic rings. The number of halogens is 9. The maximum absolute atomic E-state index is 13.9. The lowest BCUT2D eigenvalue weighted by Gasteiger charge is -2.26. The zero-order valence-electron chi connectivity index (χ0n) is 18.8. The van der Waals surface area contributed by atoms with Crippen LogP contribution in [0, 0.1) is 0 Å². The molecule has 3 aromatic rings. The van der Waals surface area contributed by atoms with E-state index >= 15 is 0 Å². The largest absolute Gasteiger partial charge is 0.417 e. The van der Waals surface area contributed by atoms with Crippen LogP contribution in [0.15, 0.2) is 30.3 Å². The highest BCUT2D eigenvalue weighted by molar-refractivity contribution is 6.43. The molecule has 1 unspecified atom stereocenters. The summed E-state index contributed by atoms with van der Waals surface area (Å²) in [6, 6.07) is 4.51. The Balaban J connectivity index is 0.00000432. The van der Waals surface area contributed by atoms with Crippen molar-refractivity contribution in [2.75, 3.05) is 19.6 Å². The number of hydrogen-bond acceptors (Lipinski definition) is 2. The lowest BCUT2D eigenvalue weighted by atomic mass is 9.90. The molecule has 0 heterocycles. The van der Waals surface area contributed by atoms with Crippen LogP contribution in [0.2, 0.25) is 10.0 Å². The first kappa shape index (κ1) is 29.8. The molecule has 0 aliphatic heterocycles. The molecular formula is C24H24Cl3F6NO. The van der Waals surface area contributed by atoms with Crippen molar-refractivity contribution in [3.63, 3.8) is 0 Å². The average molecular weight is 563 g/mol. The van der Waals surface area contributed by atoms with Crippen LogP contribution in [0.3, 0.4) is 0 Å². The van der Waals surface area contributed by atoms with E-state index in [1.165, 1.54) is 18.2 Å². The van der Waals surface area contributed by atoms with Crippen LogP contribution in [0.1, 0.15) is 49.5 Å². The third kappa shape index (κ3) is 6.46. The van der Waals surface area contributed by atoms with Gasteiger partial charge in [-0.1, -0.05) is 37.0 Å². The first-order valence-electron chi connectivity index (χ1n) is 10.7. The molecule has 2 nitrogen and oxygen atoms in total. The Morgan fingerprint density at radius 1 is 0.829 bits per heavy atom. The fourth-order valence-electron chi connectivity index (χ4n) is 4.25. The second-order valence-corrected chi connectivity index (χ2v) is 9.03. The van der Waals surface area contributed by atoms with Crippen molar-refractivity contribution in [2.24, 2.45) is 0 Å². The van der Waals surface area contributed by atoms with Gasteiger partial charge in [0.25, 0.3) is 0 Å². The summed E-state index contributed by atoms with van der Waals surface area (Å²) in [5, 5.41) is 10.5. The lowest BCUT2D eigenvalue weighted by Crippen LogP contribution is -2.30. The molecule has 194 valence electrons. The van der Waals surface area contributed by atoms with Crippen molar-refractivity contribution < 1.29 is 31.4 Å². The van der Waals surface area contributed by atoms with Crippen molar-refractivity contribution in [2.45, 2.75) is 45.1 Å². The van der Waals surface area contributed by atoms with Gasteiger partial charge in [0, 0.05) is 11.9 Å². The highest BCUT2D eigenvalue weighted by atomic mass is 35.5. The van der Waals surface area contributed by atoms with Crippen LogP contribution >= 0.6 is 35.6 Å². The Morgan fingerprint density at radius 2 is 1.37 bits per heavy atom. The maximum Gasteiger partial charge on any atom is 0.417 e. The molecule has 35 heavy (non-hydrogen) atoms. The summed E-state index contributed by atoms with van der Waals surface area (Å²) in [6.07, 6.45) is -9.59. The van der Waals surface area contributed by atoms with E-state index < -0.39 is 35.0 Å². The van der Waals surface area contributed by atoms with Crippen LogP contribution in [-0.2, 0) is 12.4 Å². The van der Waals surface area contributed by atoms with E-state index in [0.717, 1.165) is 12.8 Å². The fourth-order valence-corrected chi connectivity index (χ4v) is 4.58. The van der Waals surface area contributed by atoms with Crippen LogP contribution in [0.4, 0.5) is 26.3 Å². The van der Waals surface area contributed by atoms with Gasteiger partial charge < -0.3 is 10.0 Å². The van der Waals surface area contributed by atoms with Crippen LogP contribution in [-0.4, -0.2) is 29.6 Å². The van der Waals surface area contributed by atoms with Crippen molar-refractivity contribution in [3.05, 3.63) is 57.1 Å². The summed E-state index contributed by atoms with van der Waals surface area (Å²) in [5.74, 6) is 0. The number of benzene rings is 3. The molecular weight excluding hydrogens is 539 g/mol. The summed E-state index contributed by atoms with van der Waals surface area (Å²) >= 11 is 12.2. The zero-order valence-corrected chi connectivity index (χ0v) is 21.2. The summed E-state index contributed by atoms with van der Waals surface area (Å²) in [7, 11) is 0. The van der Waals surface area contributed by atoms with Gasteiger partial charge in [-0.15, -0.1) is 12.4 Å². The molecule has 0 radical (unpaired) electrons. The Bertz CT molecular complexity index is 1190. The maximum atomic E-state index is 13.9. The number of rotatable bonds is 7. The second kappa shape index (κ2) is 11.3. The highest BCUT2D eigenvalue weighted by Crippen LogP contribution is 2.45. The Morgan fingerprint density at radius 3 is 1.86 bits per heavy atom. The molecule has 0 spiro atoms. The van der Waals surface area contributed by atoms with Gasteiger partial charge in [0.1, 0.15) is 0 Å². The van der Waals surface area contributed by atoms with Gasteiger partial charge in [-0.25, -0.2) is 0 Å². The van der Waals surface area contributed by atoms with E-state index in [1.54, 1.807) is 0 Å². The normalized spacial score (nSPS) is 13.5. The van der Waals surface area contributed by atoms with Gasteiger partial charge in [0.15, 0.2) is 0 Å². The molecule has 0 fully saturated rings. The topological polar surface area (TPSA) is 23.5 Å². The summed E-state index contributed by atoms with van der Waals surface area (Å²) in [6.45, 7) is 5.46. The van der Waals surface area contributed by atoms with Crippen LogP contribution in [0.5, 0.6) is 0 Å². The smallest absolute Gasteiger partial charge is 0.387 e. The van der Waals surface area contributed by atoms with Gasteiger partial charge in [0.05, 0.1) is 27.3 Å². The van der Waals surface area contributed by atoms with Gasteiger partial charge in [-0.3, -0.25) is 0 Å². The lowest BCUT2D eigenvalue weighted by molar-refractivity contribution is -0.142. The molecule has 0 amide bonds. The van der Waals surface area contributed by atoms with Crippen LogP contribution < -0.4 is 0 Å². The van der Waals surface area contributed by atoms with Crippen molar-refractivity contribution in [1.29, 1.82) is 0 Å². The van der Waals surface area contributed by atoms with Gasteiger partial charge in [-0.2, -0.15) is 26.3 Å². The average Bonchev–Trinajstić information content (AvgIpc) is 2.72. The van der Waals surface area contributed by atoms with E-state index in [1.807, 2.05) is 18.7 Å². The quantitative estimate of drug-likeness (QED) is 0.230. The number of fused-ring (bicyclic) bond motifs is 3. The monoisotopic (exact) mass is 561 g/mol. The number of nitrogens with zero attached hydrogens (tertiary/aromatic N) is 1. The SMILES string of the molecule is CCCN(CCC)CC(O)c1cc2cc(C(F)(F)F)cc(C(F)(F)F)c2c2cc(Cl)c(Cl)cc12.Cl. The Labute approximate surface area is 215 Å².